The van der Waals surface area contributed by atoms with Gasteiger partial charge in [-0.05, 0) is 43.5 Å². The van der Waals surface area contributed by atoms with E-state index in [9.17, 15) is 13.2 Å². The van der Waals surface area contributed by atoms with Gasteiger partial charge in [0.15, 0.2) is 0 Å². The van der Waals surface area contributed by atoms with Crippen LogP contribution < -0.4 is 4.74 Å². The van der Waals surface area contributed by atoms with E-state index in [0.29, 0.717) is 30.8 Å². The number of carbonyl (C=O) groups excluding carboxylic acids is 1. The first-order valence-corrected chi connectivity index (χ1v) is 11.5. The maximum absolute atomic E-state index is 13.5. The van der Waals surface area contributed by atoms with Crippen LogP contribution in [0, 0.1) is 6.92 Å². The van der Waals surface area contributed by atoms with E-state index in [2.05, 4.69) is 0 Å². The van der Waals surface area contributed by atoms with Crippen LogP contribution in [0.25, 0.3) is 0 Å². The first kappa shape index (κ1) is 19.9. The quantitative estimate of drug-likeness (QED) is 0.755. The summed E-state index contributed by atoms with van der Waals surface area (Å²) in [6.45, 7) is 3.32. The van der Waals surface area contributed by atoms with Gasteiger partial charge >= 0.3 is 0 Å². The number of benzene rings is 2. The summed E-state index contributed by atoms with van der Waals surface area (Å²) in [5.41, 5.74) is 0.673. The van der Waals surface area contributed by atoms with Gasteiger partial charge in [-0.2, -0.15) is 4.31 Å². The van der Waals surface area contributed by atoms with Gasteiger partial charge in [-0.3, -0.25) is 4.79 Å². The molecule has 1 amide bonds. The van der Waals surface area contributed by atoms with Crippen molar-refractivity contribution in [3.8, 4) is 5.75 Å². The first-order chi connectivity index (χ1) is 14.0. The van der Waals surface area contributed by atoms with E-state index in [1.54, 1.807) is 30.0 Å². The van der Waals surface area contributed by atoms with Crippen molar-refractivity contribution in [3.05, 3.63) is 60.2 Å². The van der Waals surface area contributed by atoms with Gasteiger partial charge in [0, 0.05) is 19.5 Å². The number of hydrogen-bond donors (Lipinski definition) is 0. The van der Waals surface area contributed by atoms with Crippen LogP contribution in [0.3, 0.4) is 0 Å². The molecule has 0 bridgehead atoms. The summed E-state index contributed by atoms with van der Waals surface area (Å²) in [7, 11) is -3.81. The van der Waals surface area contributed by atoms with Gasteiger partial charge in [-0.25, -0.2) is 8.42 Å². The maximum Gasteiger partial charge on any atom is 0.244 e. The molecule has 2 aromatic carbocycles. The summed E-state index contributed by atoms with van der Waals surface area (Å²) in [6, 6.07) is 15.5. The molecule has 0 radical (unpaired) electrons. The van der Waals surface area contributed by atoms with Gasteiger partial charge in [-0.1, -0.05) is 36.4 Å². The van der Waals surface area contributed by atoms with Gasteiger partial charge in [0.1, 0.15) is 17.9 Å². The Bertz CT molecular complexity index is 971. The largest absolute Gasteiger partial charge is 0.489 e. The second kappa shape index (κ2) is 8.16. The number of sulfonamides is 1. The summed E-state index contributed by atoms with van der Waals surface area (Å²) in [5.74, 6) is 0.568. The normalized spacial score (nSPS) is 22.7. The molecule has 2 atom stereocenters. The summed E-state index contributed by atoms with van der Waals surface area (Å²) in [4.78, 5) is 15.2. The molecule has 4 rings (SSSR count). The van der Waals surface area contributed by atoms with Crippen molar-refractivity contribution in [3.63, 3.8) is 0 Å². The lowest BCUT2D eigenvalue weighted by atomic mass is 10.2. The molecule has 7 heteroatoms. The van der Waals surface area contributed by atoms with Crippen molar-refractivity contribution in [2.75, 3.05) is 19.6 Å². The fourth-order valence-electron chi connectivity index (χ4n) is 4.16. The highest BCUT2D eigenvalue weighted by Gasteiger charge is 2.46. The molecule has 2 aliphatic rings. The molecule has 6 nitrogen and oxygen atoms in total. The molecule has 2 saturated heterocycles. The molecule has 0 aliphatic carbocycles. The van der Waals surface area contributed by atoms with Crippen LogP contribution in [0.15, 0.2) is 59.5 Å². The predicted octanol–water partition coefficient (Wildman–Crippen LogP) is 2.83. The van der Waals surface area contributed by atoms with Crippen LogP contribution >= 0.6 is 0 Å². The van der Waals surface area contributed by atoms with Crippen LogP contribution in [0.4, 0.5) is 0 Å². The van der Waals surface area contributed by atoms with E-state index in [-0.39, 0.29) is 23.5 Å². The van der Waals surface area contributed by atoms with E-state index in [4.69, 9.17) is 4.74 Å². The van der Waals surface area contributed by atoms with Gasteiger partial charge in [0.05, 0.1) is 11.4 Å². The molecule has 2 heterocycles. The van der Waals surface area contributed by atoms with Gasteiger partial charge in [-0.15, -0.1) is 0 Å². The second-order valence-corrected chi connectivity index (χ2v) is 9.54. The second-order valence-electron chi connectivity index (χ2n) is 7.68. The number of ether oxygens (including phenoxy) is 1. The Morgan fingerprint density at radius 1 is 1.00 bits per heavy atom. The molecule has 2 aliphatic heterocycles. The summed E-state index contributed by atoms with van der Waals surface area (Å²) in [5, 5.41) is 0. The number of aryl methyl sites for hydroxylation is 1. The van der Waals surface area contributed by atoms with Crippen LogP contribution in [0.2, 0.25) is 0 Å². The van der Waals surface area contributed by atoms with Gasteiger partial charge in [0.2, 0.25) is 15.9 Å². The van der Waals surface area contributed by atoms with Crippen LogP contribution in [0.5, 0.6) is 5.75 Å². The minimum atomic E-state index is -3.81. The lowest BCUT2D eigenvalue weighted by Gasteiger charge is -2.27. The van der Waals surface area contributed by atoms with E-state index >= 15 is 0 Å². The SMILES string of the molecule is Cc1ccccc1S(=O)(=O)N1C[C@@H](Oc2ccccc2)C[C@H]1C(=O)N1CCCC1. The van der Waals surface area contributed by atoms with E-state index in [1.165, 1.54) is 4.31 Å². The summed E-state index contributed by atoms with van der Waals surface area (Å²) >= 11 is 0. The van der Waals surface area contributed by atoms with E-state index in [0.717, 1.165) is 12.8 Å². The lowest BCUT2D eigenvalue weighted by Crippen LogP contribution is -2.47. The minimum absolute atomic E-state index is 0.112. The van der Waals surface area contributed by atoms with Crippen LogP contribution in [-0.4, -0.2) is 55.3 Å². The molecule has 0 saturated carbocycles. The number of amides is 1. The van der Waals surface area contributed by atoms with Crippen molar-refractivity contribution in [1.82, 2.24) is 9.21 Å². The van der Waals surface area contributed by atoms with E-state index < -0.39 is 16.1 Å². The van der Waals surface area contributed by atoms with Crippen LogP contribution in [0.1, 0.15) is 24.8 Å². The number of rotatable bonds is 5. The van der Waals surface area contributed by atoms with Crippen molar-refractivity contribution >= 4 is 15.9 Å². The number of carbonyl (C=O) groups is 1. The Labute approximate surface area is 172 Å². The van der Waals surface area contributed by atoms with Crippen molar-refractivity contribution in [2.24, 2.45) is 0 Å². The summed E-state index contributed by atoms with van der Waals surface area (Å²) < 4.78 is 34.3. The third-order valence-electron chi connectivity index (χ3n) is 5.65. The Kier molecular flexibility index (Phi) is 5.61. The molecular weight excluding hydrogens is 388 g/mol. The molecule has 2 aromatic rings. The van der Waals surface area contributed by atoms with E-state index in [1.807, 2.05) is 36.4 Å². The predicted molar refractivity (Wildman–Crippen MR) is 110 cm³/mol. The molecule has 29 heavy (non-hydrogen) atoms. The van der Waals surface area contributed by atoms with Crippen molar-refractivity contribution in [1.29, 1.82) is 0 Å². The highest BCUT2D eigenvalue weighted by atomic mass is 32.2. The standard InChI is InChI=1S/C22H26N2O4S/c1-17-9-5-6-12-21(17)29(26,27)24-16-19(28-18-10-3-2-4-11-18)15-20(24)22(25)23-13-7-8-14-23/h2-6,9-12,19-20H,7-8,13-16H2,1H3/t19-,20-/m0/s1. The highest BCUT2D eigenvalue weighted by molar-refractivity contribution is 7.89. The van der Waals surface area contributed by atoms with Crippen molar-refractivity contribution < 1.29 is 17.9 Å². The van der Waals surface area contributed by atoms with Crippen LogP contribution in [-0.2, 0) is 14.8 Å². The molecular formula is C22H26N2O4S. The Morgan fingerprint density at radius 3 is 2.34 bits per heavy atom. The van der Waals surface area contributed by atoms with Crippen molar-refractivity contribution in [2.45, 2.75) is 43.2 Å². The average Bonchev–Trinajstić information content (AvgIpc) is 3.39. The molecule has 0 aromatic heterocycles. The lowest BCUT2D eigenvalue weighted by molar-refractivity contribution is -0.133. The number of nitrogens with zero attached hydrogens (tertiary/aromatic N) is 2. The monoisotopic (exact) mass is 414 g/mol. The van der Waals surface area contributed by atoms with Gasteiger partial charge in [0.25, 0.3) is 0 Å². The minimum Gasteiger partial charge on any atom is -0.489 e. The molecule has 0 spiro atoms. The summed E-state index contributed by atoms with van der Waals surface area (Å²) in [6.07, 6.45) is 1.92. The Morgan fingerprint density at radius 2 is 1.66 bits per heavy atom. The fourth-order valence-corrected chi connectivity index (χ4v) is 6.01. The third kappa shape index (κ3) is 4.02. The average molecular weight is 415 g/mol. The zero-order valence-electron chi connectivity index (χ0n) is 16.5. The number of hydrogen-bond acceptors (Lipinski definition) is 4. The molecule has 0 N–H and O–H groups in total. The fraction of sp³-hybridized carbons (Fsp3) is 0.409. The Balaban J connectivity index is 1.64. The third-order valence-corrected chi connectivity index (χ3v) is 7.68. The smallest absolute Gasteiger partial charge is 0.244 e. The van der Waals surface area contributed by atoms with Gasteiger partial charge < -0.3 is 9.64 Å². The zero-order chi connectivity index (χ0) is 20.4. The topological polar surface area (TPSA) is 66.9 Å². The highest BCUT2D eigenvalue weighted by Crippen LogP contribution is 2.31. The maximum atomic E-state index is 13.5. The molecule has 2 fully saturated rings. The molecule has 154 valence electrons. The molecule has 0 unspecified atom stereocenters. The number of likely N-dealkylation sites (tertiary alicyclic amines) is 1. The Hall–Kier alpha value is -2.38. The zero-order valence-corrected chi connectivity index (χ0v) is 17.3. The first-order valence-electron chi connectivity index (χ1n) is 10.0. The number of para-hydroxylation sites is 1.